The molecule has 0 spiro atoms. The van der Waals surface area contributed by atoms with Crippen molar-refractivity contribution in [3.63, 3.8) is 0 Å². The molecule has 0 unspecified atom stereocenters. The Balaban J connectivity index is 2.56. The molecule has 84 valence electrons. The number of hydrogen-bond acceptors (Lipinski definition) is 2. The van der Waals surface area contributed by atoms with Crippen LogP contribution in [-0.2, 0) is 6.61 Å². The summed E-state index contributed by atoms with van der Waals surface area (Å²) in [5, 5.41) is 18.2. The van der Waals surface area contributed by atoms with Gasteiger partial charge in [-0.3, -0.25) is 0 Å². The molecule has 3 heteroatoms. The lowest BCUT2D eigenvalue weighted by molar-refractivity contribution is 0.282. The van der Waals surface area contributed by atoms with Crippen LogP contribution in [0.15, 0.2) is 46.9 Å². The maximum atomic E-state index is 9.11. The molecule has 0 saturated carbocycles. The summed E-state index contributed by atoms with van der Waals surface area (Å²) in [5.41, 5.74) is 3.29. The number of rotatable bonds is 2. The van der Waals surface area contributed by atoms with Crippen molar-refractivity contribution in [3.05, 3.63) is 58.1 Å². The number of aliphatic hydroxyl groups is 1. The van der Waals surface area contributed by atoms with E-state index in [1.807, 2.05) is 36.4 Å². The second-order valence-electron chi connectivity index (χ2n) is 3.66. The van der Waals surface area contributed by atoms with Gasteiger partial charge in [0.05, 0.1) is 18.2 Å². The van der Waals surface area contributed by atoms with E-state index < -0.39 is 0 Å². The Morgan fingerprint density at radius 3 is 2.71 bits per heavy atom. The highest BCUT2D eigenvalue weighted by atomic mass is 79.9. The first-order valence-electron chi connectivity index (χ1n) is 5.14. The van der Waals surface area contributed by atoms with Crippen molar-refractivity contribution in [2.24, 2.45) is 0 Å². The van der Waals surface area contributed by atoms with Crippen LogP contribution in [0.3, 0.4) is 0 Å². The van der Waals surface area contributed by atoms with Crippen molar-refractivity contribution in [1.82, 2.24) is 0 Å². The zero-order chi connectivity index (χ0) is 12.3. The van der Waals surface area contributed by atoms with E-state index in [1.54, 1.807) is 6.07 Å². The lowest BCUT2D eigenvalue weighted by atomic mass is 9.99. The highest BCUT2D eigenvalue weighted by Gasteiger charge is 2.05. The Bertz CT molecular complexity index is 587. The van der Waals surface area contributed by atoms with Crippen molar-refractivity contribution < 1.29 is 5.11 Å². The normalized spacial score (nSPS) is 9.94. The van der Waals surface area contributed by atoms with Crippen LogP contribution in [0.2, 0.25) is 0 Å². The van der Waals surface area contributed by atoms with Gasteiger partial charge in [0, 0.05) is 4.47 Å². The van der Waals surface area contributed by atoms with Crippen LogP contribution in [0.1, 0.15) is 11.1 Å². The maximum absolute atomic E-state index is 9.11. The molecule has 0 aliphatic rings. The van der Waals surface area contributed by atoms with E-state index in [0.717, 1.165) is 21.2 Å². The first kappa shape index (κ1) is 11.8. The van der Waals surface area contributed by atoms with E-state index in [4.69, 9.17) is 10.4 Å². The summed E-state index contributed by atoms with van der Waals surface area (Å²) in [6.07, 6.45) is 0. The number of aliphatic hydroxyl groups excluding tert-OH is 1. The summed E-state index contributed by atoms with van der Waals surface area (Å²) >= 11 is 3.35. The van der Waals surface area contributed by atoms with Crippen molar-refractivity contribution in [2.75, 3.05) is 0 Å². The molecule has 2 aromatic carbocycles. The number of nitrogens with zero attached hydrogens (tertiary/aromatic N) is 1. The van der Waals surface area contributed by atoms with Gasteiger partial charge in [-0.1, -0.05) is 40.2 Å². The lowest BCUT2D eigenvalue weighted by Crippen LogP contribution is -1.87. The number of benzene rings is 2. The molecule has 0 bridgehead atoms. The molecule has 0 radical (unpaired) electrons. The van der Waals surface area contributed by atoms with E-state index in [0.29, 0.717) is 5.56 Å². The second-order valence-corrected chi connectivity index (χ2v) is 4.58. The molecule has 2 nitrogen and oxygen atoms in total. The Hall–Kier alpha value is -1.63. The van der Waals surface area contributed by atoms with Gasteiger partial charge in [0.2, 0.25) is 0 Å². The quantitative estimate of drug-likeness (QED) is 0.919. The summed E-state index contributed by atoms with van der Waals surface area (Å²) in [6, 6.07) is 15.3. The minimum absolute atomic E-state index is 0.00621. The molecule has 0 aliphatic heterocycles. The average molecular weight is 288 g/mol. The number of hydrogen-bond donors (Lipinski definition) is 1. The Kier molecular flexibility index (Phi) is 3.58. The number of nitriles is 1. The van der Waals surface area contributed by atoms with E-state index in [-0.39, 0.29) is 6.61 Å². The molecule has 17 heavy (non-hydrogen) atoms. The molecular formula is C14H10BrNO. The van der Waals surface area contributed by atoms with Gasteiger partial charge in [-0.05, 0) is 34.9 Å². The molecule has 2 aromatic rings. The zero-order valence-corrected chi connectivity index (χ0v) is 10.6. The lowest BCUT2D eigenvalue weighted by Gasteiger charge is -2.06. The van der Waals surface area contributed by atoms with Gasteiger partial charge in [0.1, 0.15) is 0 Å². The third-order valence-corrected chi connectivity index (χ3v) is 3.02. The summed E-state index contributed by atoms with van der Waals surface area (Å²) in [4.78, 5) is 0. The van der Waals surface area contributed by atoms with Crippen LogP contribution >= 0.6 is 15.9 Å². The molecule has 0 aromatic heterocycles. The first-order valence-corrected chi connectivity index (χ1v) is 5.93. The summed E-state index contributed by atoms with van der Waals surface area (Å²) in [5.74, 6) is 0. The fourth-order valence-electron chi connectivity index (χ4n) is 1.70. The van der Waals surface area contributed by atoms with Gasteiger partial charge >= 0.3 is 0 Å². The smallest absolute Gasteiger partial charge is 0.0998 e. The Labute approximate surface area is 108 Å². The van der Waals surface area contributed by atoms with Crippen LogP contribution < -0.4 is 0 Å². The average Bonchev–Trinajstić information content (AvgIpc) is 2.38. The molecule has 0 amide bonds. The largest absolute Gasteiger partial charge is 0.392 e. The fraction of sp³-hybridized carbons (Fsp3) is 0.0714. The highest BCUT2D eigenvalue weighted by molar-refractivity contribution is 9.10. The van der Waals surface area contributed by atoms with Gasteiger partial charge < -0.3 is 5.11 Å². The van der Waals surface area contributed by atoms with Crippen molar-refractivity contribution in [2.45, 2.75) is 6.61 Å². The predicted molar refractivity (Wildman–Crippen MR) is 70.2 cm³/mol. The summed E-state index contributed by atoms with van der Waals surface area (Å²) in [6.45, 7) is 0.00621. The van der Waals surface area contributed by atoms with Gasteiger partial charge in [-0.15, -0.1) is 0 Å². The van der Waals surface area contributed by atoms with Crippen LogP contribution in [-0.4, -0.2) is 5.11 Å². The molecule has 2 rings (SSSR count). The molecular weight excluding hydrogens is 278 g/mol. The minimum Gasteiger partial charge on any atom is -0.392 e. The zero-order valence-electron chi connectivity index (χ0n) is 9.02. The van der Waals surface area contributed by atoms with Crippen LogP contribution in [0.5, 0.6) is 0 Å². The molecule has 0 saturated heterocycles. The standard InChI is InChI=1S/C14H10BrNO/c15-13-4-5-14(12(7-13)8-16)11-3-1-2-10(6-11)9-17/h1-7,17H,9H2. The molecule has 1 N–H and O–H groups in total. The minimum atomic E-state index is 0.00621. The third kappa shape index (κ3) is 2.55. The van der Waals surface area contributed by atoms with Crippen LogP contribution in [0, 0.1) is 11.3 Å². The van der Waals surface area contributed by atoms with E-state index in [2.05, 4.69) is 22.0 Å². The van der Waals surface area contributed by atoms with E-state index in [1.165, 1.54) is 0 Å². The molecule has 0 atom stereocenters. The Morgan fingerprint density at radius 2 is 2.00 bits per heavy atom. The topological polar surface area (TPSA) is 44.0 Å². The maximum Gasteiger partial charge on any atom is 0.0998 e. The monoisotopic (exact) mass is 287 g/mol. The van der Waals surface area contributed by atoms with Crippen LogP contribution in [0.4, 0.5) is 0 Å². The van der Waals surface area contributed by atoms with Gasteiger partial charge in [0.15, 0.2) is 0 Å². The van der Waals surface area contributed by atoms with E-state index >= 15 is 0 Å². The molecule has 0 aliphatic carbocycles. The third-order valence-electron chi connectivity index (χ3n) is 2.52. The molecule has 0 heterocycles. The number of halogens is 1. The summed E-state index contributed by atoms with van der Waals surface area (Å²) < 4.78 is 0.885. The second kappa shape index (κ2) is 5.13. The van der Waals surface area contributed by atoms with Gasteiger partial charge in [-0.2, -0.15) is 5.26 Å². The first-order chi connectivity index (χ1) is 8.24. The SMILES string of the molecule is N#Cc1cc(Br)ccc1-c1cccc(CO)c1. The molecule has 0 fully saturated rings. The predicted octanol–water partition coefficient (Wildman–Crippen LogP) is 3.48. The Morgan fingerprint density at radius 1 is 1.18 bits per heavy atom. The highest BCUT2D eigenvalue weighted by Crippen LogP contribution is 2.26. The van der Waals surface area contributed by atoms with Crippen molar-refractivity contribution in [3.8, 4) is 17.2 Å². The summed E-state index contributed by atoms with van der Waals surface area (Å²) in [7, 11) is 0. The van der Waals surface area contributed by atoms with Gasteiger partial charge in [0.25, 0.3) is 0 Å². The fourth-order valence-corrected chi connectivity index (χ4v) is 2.06. The van der Waals surface area contributed by atoms with Gasteiger partial charge in [-0.25, -0.2) is 0 Å². The van der Waals surface area contributed by atoms with Crippen molar-refractivity contribution in [1.29, 1.82) is 5.26 Å². The van der Waals surface area contributed by atoms with Crippen LogP contribution in [0.25, 0.3) is 11.1 Å². The van der Waals surface area contributed by atoms with E-state index in [9.17, 15) is 0 Å². The van der Waals surface area contributed by atoms with Crippen molar-refractivity contribution >= 4 is 15.9 Å².